The van der Waals surface area contributed by atoms with Crippen molar-refractivity contribution in [1.29, 1.82) is 0 Å². The average Bonchev–Trinajstić information content (AvgIpc) is 2.65. The van der Waals surface area contributed by atoms with Crippen LogP contribution in [-0.4, -0.2) is 6.54 Å². The summed E-state index contributed by atoms with van der Waals surface area (Å²) in [6.07, 6.45) is 3.58. The van der Waals surface area contributed by atoms with Crippen molar-refractivity contribution in [1.82, 2.24) is 5.32 Å². The zero-order chi connectivity index (χ0) is 10.6. The van der Waals surface area contributed by atoms with Gasteiger partial charge in [0.2, 0.25) is 0 Å². The zero-order valence-corrected chi connectivity index (χ0v) is 9.58. The van der Waals surface area contributed by atoms with Crippen LogP contribution in [0.15, 0.2) is 23.0 Å². The zero-order valence-electron chi connectivity index (χ0n) is 9.58. The predicted octanol–water partition coefficient (Wildman–Crippen LogP) is 3.22. The van der Waals surface area contributed by atoms with Crippen molar-refractivity contribution >= 4 is 0 Å². The lowest BCUT2D eigenvalue weighted by Gasteiger charge is -2.26. The molecule has 1 rings (SSSR count). The van der Waals surface area contributed by atoms with Crippen molar-refractivity contribution < 1.29 is 4.42 Å². The molecule has 0 saturated carbocycles. The summed E-state index contributed by atoms with van der Waals surface area (Å²) >= 11 is 0. The van der Waals surface area contributed by atoms with E-state index in [0.717, 1.165) is 6.54 Å². The molecule has 1 N–H and O–H groups in total. The van der Waals surface area contributed by atoms with Gasteiger partial charge in [-0.1, -0.05) is 27.7 Å². The summed E-state index contributed by atoms with van der Waals surface area (Å²) in [6.45, 7) is 9.93. The Kier molecular flexibility index (Phi) is 4.21. The van der Waals surface area contributed by atoms with Crippen LogP contribution >= 0.6 is 0 Å². The highest BCUT2D eigenvalue weighted by Crippen LogP contribution is 2.27. The molecule has 2 heteroatoms. The van der Waals surface area contributed by atoms with Gasteiger partial charge in [-0.2, -0.15) is 0 Å². The van der Waals surface area contributed by atoms with Gasteiger partial charge in [-0.15, -0.1) is 0 Å². The average molecular weight is 195 g/mol. The normalized spacial score (nSPS) is 15.8. The summed E-state index contributed by atoms with van der Waals surface area (Å²) in [5.74, 6) is 1.29. The second kappa shape index (κ2) is 5.20. The van der Waals surface area contributed by atoms with Crippen LogP contribution in [-0.2, 0) is 0 Å². The third kappa shape index (κ3) is 2.61. The Labute approximate surface area is 86.7 Å². The second-order valence-electron chi connectivity index (χ2n) is 4.20. The largest absolute Gasteiger partial charge is 0.472 e. The van der Waals surface area contributed by atoms with Crippen molar-refractivity contribution in [2.75, 3.05) is 6.54 Å². The molecule has 0 spiro atoms. The minimum absolute atomic E-state index is 0.416. The first-order valence-electron chi connectivity index (χ1n) is 5.42. The van der Waals surface area contributed by atoms with Crippen molar-refractivity contribution in [2.24, 2.45) is 11.8 Å². The van der Waals surface area contributed by atoms with Gasteiger partial charge in [-0.3, -0.25) is 0 Å². The molecular weight excluding hydrogens is 174 g/mol. The quantitative estimate of drug-likeness (QED) is 0.780. The Balaban J connectivity index is 2.74. The predicted molar refractivity (Wildman–Crippen MR) is 59.1 cm³/mol. The monoisotopic (exact) mass is 195 g/mol. The Morgan fingerprint density at radius 3 is 2.50 bits per heavy atom. The molecule has 2 nitrogen and oxygen atoms in total. The molecule has 0 amide bonds. The summed E-state index contributed by atoms with van der Waals surface area (Å²) in [4.78, 5) is 0. The molecule has 0 aliphatic heterocycles. The number of nitrogens with one attached hydrogen (secondary N) is 1. The first-order valence-corrected chi connectivity index (χ1v) is 5.42. The molecule has 0 fully saturated rings. The number of rotatable bonds is 5. The maximum atomic E-state index is 5.13. The lowest BCUT2D eigenvalue weighted by atomic mass is 9.87. The Morgan fingerprint density at radius 1 is 1.36 bits per heavy atom. The molecule has 0 bridgehead atoms. The highest BCUT2D eigenvalue weighted by atomic mass is 16.3. The van der Waals surface area contributed by atoms with Crippen LogP contribution in [0.4, 0.5) is 0 Å². The van der Waals surface area contributed by atoms with Crippen molar-refractivity contribution in [3.05, 3.63) is 24.2 Å². The third-order valence-corrected chi connectivity index (χ3v) is 2.90. The molecule has 1 heterocycles. The molecule has 14 heavy (non-hydrogen) atoms. The van der Waals surface area contributed by atoms with Gasteiger partial charge in [0.1, 0.15) is 0 Å². The number of hydrogen-bond acceptors (Lipinski definition) is 2. The molecule has 2 atom stereocenters. The third-order valence-electron chi connectivity index (χ3n) is 2.90. The summed E-state index contributed by atoms with van der Waals surface area (Å²) < 4.78 is 5.13. The van der Waals surface area contributed by atoms with Crippen LogP contribution in [0.1, 0.15) is 39.3 Å². The van der Waals surface area contributed by atoms with Crippen molar-refractivity contribution in [3.63, 3.8) is 0 Å². The topological polar surface area (TPSA) is 25.2 Å². The van der Waals surface area contributed by atoms with Gasteiger partial charge >= 0.3 is 0 Å². The van der Waals surface area contributed by atoms with E-state index in [9.17, 15) is 0 Å². The van der Waals surface area contributed by atoms with E-state index < -0.39 is 0 Å². The van der Waals surface area contributed by atoms with E-state index in [0.29, 0.717) is 17.9 Å². The van der Waals surface area contributed by atoms with Gasteiger partial charge in [-0.05, 0) is 24.4 Å². The van der Waals surface area contributed by atoms with Crippen LogP contribution in [0.3, 0.4) is 0 Å². The molecule has 0 aliphatic carbocycles. The molecule has 2 unspecified atom stereocenters. The molecule has 0 radical (unpaired) electrons. The van der Waals surface area contributed by atoms with Gasteiger partial charge < -0.3 is 9.73 Å². The van der Waals surface area contributed by atoms with Crippen LogP contribution in [0.2, 0.25) is 0 Å². The van der Waals surface area contributed by atoms with E-state index in [4.69, 9.17) is 4.42 Å². The van der Waals surface area contributed by atoms with Crippen LogP contribution in [0.25, 0.3) is 0 Å². The first kappa shape index (κ1) is 11.3. The van der Waals surface area contributed by atoms with E-state index in [-0.39, 0.29) is 0 Å². The molecule has 1 aromatic rings. The SMILES string of the molecule is CCNC(c1ccoc1)C(C)C(C)C. The van der Waals surface area contributed by atoms with Gasteiger partial charge in [-0.25, -0.2) is 0 Å². The molecule has 80 valence electrons. The molecule has 0 aromatic carbocycles. The first-order chi connectivity index (χ1) is 6.66. The van der Waals surface area contributed by atoms with E-state index in [1.807, 2.05) is 12.3 Å². The van der Waals surface area contributed by atoms with E-state index in [1.54, 1.807) is 6.26 Å². The highest BCUT2D eigenvalue weighted by molar-refractivity contribution is 5.12. The van der Waals surface area contributed by atoms with Crippen molar-refractivity contribution in [2.45, 2.75) is 33.7 Å². The van der Waals surface area contributed by atoms with Crippen LogP contribution in [0, 0.1) is 11.8 Å². The number of furan rings is 1. The fourth-order valence-corrected chi connectivity index (χ4v) is 1.66. The summed E-state index contributed by atoms with van der Waals surface area (Å²) in [6, 6.07) is 2.46. The molecule has 1 aromatic heterocycles. The summed E-state index contributed by atoms with van der Waals surface area (Å²) in [5, 5.41) is 3.51. The fraction of sp³-hybridized carbons (Fsp3) is 0.667. The number of hydrogen-bond donors (Lipinski definition) is 1. The van der Waals surface area contributed by atoms with Crippen LogP contribution in [0.5, 0.6) is 0 Å². The molecular formula is C12H21NO. The molecule has 0 saturated heterocycles. The smallest absolute Gasteiger partial charge is 0.0950 e. The van der Waals surface area contributed by atoms with E-state index in [2.05, 4.69) is 33.0 Å². The van der Waals surface area contributed by atoms with Gasteiger partial charge in [0.15, 0.2) is 0 Å². The molecule has 0 aliphatic rings. The van der Waals surface area contributed by atoms with Gasteiger partial charge in [0.25, 0.3) is 0 Å². The Morgan fingerprint density at radius 2 is 2.07 bits per heavy atom. The maximum Gasteiger partial charge on any atom is 0.0950 e. The summed E-state index contributed by atoms with van der Waals surface area (Å²) in [7, 11) is 0. The minimum Gasteiger partial charge on any atom is -0.472 e. The summed E-state index contributed by atoms with van der Waals surface area (Å²) in [5.41, 5.74) is 1.26. The Bertz CT molecular complexity index is 241. The van der Waals surface area contributed by atoms with E-state index >= 15 is 0 Å². The van der Waals surface area contributed by atoms with Crippen LogP contribution < -0.4 is 5.32 Å². The Hall–Kier alpha value is -0.760. The lowest BCUT2D eigenvalue weighted by molar-refractivity contribution is 0.306. The fourth-order valence-electron chi connectivity index (χ4n) is 1.66. The van der Waals surface area contributed by atoms with Gasteiger partial charge in [0.05, 0.1) is 12.5 Å². The minimum atomic E-state index is 0.416. The van der Waals surface area contributed by atoms with Crippen molar-refractivity contribution in [3.8, 4) is 0 Å². The second-order valence-corrected chi connectivity index (χ2v) is 4.20. The highest BCUT2D eigenvalue weighted by Gasteiger charge is 2.21. The standard InChI is InChI=1S/C12H21NO/c1-5-13-12(10(4)9(2)3)11-6-7-14-8-11/h6-10,12-13H,5H2,1-4H3. The lowest BCUT2D eigenvalue weighted by Crippen LogP contribution is -2.29. The van der Waals surface area contributed by atoms with Gasteiger partial charge in [0, 0.05) is 11.6 Å². The maximum absolute atomic E-state index is 5.13. The van der Waals surface area contributed by atoms with E-state index in [1.165, 1.54) is 5.56 Å².